The van der Waals surface area contributed by atoms with E-state index in [0.29, 0.717) is 6.42 Å². The molecule has 0 amide bonds. The Hall–Kier alpha value is -2.16. The van der Waals surface area contributed by atoms with Crippen molar-refractivity contribution in [3.8, 4) is 0 Å². The lowest BCUT2D eigenvalue weighted by Gasteiger charge is -2.15. The molecule has 0 saturated heterocycles. The number of carboxylic acids is 1. The molecule has 1 N–H and O–H groups in total. The van der Waals surface area contributed by atoms with Crippen LogP contribution in [0.5, 0.6) is 0 Å². The number of hydrogen-bond donors (Lipinski definition) is 1. The Balaban J connectivity index is 1.66. The first-order valence-corrected chi connectivity index (χ1v) is 12.4. The van der Waals surface area contributed by atoms with E-state index in [-0.39, 0.29) is 0 Å². The molecule has 1 unspecified atom stereocenters. The molecule has 2 rings (SSSR count). The maximum atomic E-state index is 12.0. The number of aliphatic carboxylic acids is 1. The first-order valence-electron chi connectivity index (χ1n) is 12.4. The number of carboxylic acid groups (broad SMARTS) is 1. The highest BCUT2D eigenvalue weighted by Gasteiger charge is 2.22. The van der Waals surface area contributed by atoms with Gasteiger partial charge in [0, 0.05) is 11.1 Å². The molecule has 0 radical (unpaired) electrons. The second kappa shape index (κ2) is 14.8. The molecule has 0 aliphatic rings. The summed E-state index contributed by atoms with van der Waals surface area (Å²) in [6, 6.07) is 9.89. The minimum Gasteiger partial charge on any atom is -0.481 e. The third kappa shape index (κ3) is 9.25. The van der Waals surface area contributed by atoms with Crippen LogP contribution in [0, 0.1) is 6.92 Å². The average Bonchev–Trinajstić information content (AvgIpc) is 2.76. The molecule has 1 aromatic heterocycles. The van der Waals surface area contributed by atoms with Crippen LogP contribution in [0.2, 0.25) is 0 Å². The van der Waals surface area contributed by atoms with Crippen molar-refractivity contribution in [1.82, 2.24) is 4.98 Å². The van der Waals surface area contributed by atoms with Crippen molar-refractivity contribution in [2.45, 2.75) is 103 Å². The fourth-order valence-corrected chi connectivity index (χ4v) is 4.20. The molecule has 0 fully saturated rings. The third-order valence-corrected chi connectivity index (χ3v) is 6.07. The minimum absolute atomic E-state index is 0.477. The van der Waals surface area contributed by atoms with Crippen LogP contribution < -0.4 is 0 Å². The van der Waals surface area contributed by atoms with Crippen LogP contribution in [0.4, 0.5) is 0 Å². The van der Waals surface area contributed by atoms with E-state index < -0.39 is 11.9 Å². The number of fused-ring (bicyclic) bond motifs is 1. The van der Waals surface area contributed by atoms with Gasteiger partial charge in [-0.1, -0.05) is 94.7 Å². The van der Waals surface area contributed by atoms with Gasteiger partial charge in [-0.05, 0) is 50.7 Å². The maximum Gasteiger partial charge on any atom is 0.311 e. The molecule has 0 aliphatic carbocycles. The summed E-state index contributed by atoms with van der Waals surface area (Å²) in [6.07, 6.45) is 20.2. The predicted octanol–water partition coefficient (Wildman–Crippen LogP) is 8.36. The number of aryl methyl sites for hydroxylation is 1. The summed E-state index contributed by atoms with van der Waals surface area (Å²) < 4.78 is 0. The monoisotopic (exact) mass is 423 g/mol. The molecule has 0 aliphatic heterocycles. The highest BCUT2D eigenvalue weighted by molar-refractivity contribution is 5.88. The number of rotatable bonds is 16. The zero-order chi connectivity index (χ0) is 22.3. The largest absolute Gasteiger partial charge is 0.481 e. The number of aromatic nitrogens is 1. The Morgan fingerprint density at radius 2 is 1.55 bits per heavy atom. The fourth-order valence-electron chi connectivity index (χ4n) is 4.20. The molecule has 1 atom stereocenters. The molecular formula is C28H41NO2. The van der Waals surface area contributed by atoms with Gasteiger partial charge in [0.2, 0.25) is 0 Å². The average molecular weight is 424 g/mol. The van der Waals surface area contributed by atoms with Gasteiger partial charge in [0.1, 0.15) is 0 Å². The smallest absolute Gasteiger partial charge is 0.311 e. The van der Waals surface area contributed by atoms with Crippen LogP contribution in [-0.2, 0) is 4.79 Å². The van der Waals surface area contributed by atoms with E-state index in [1.54, 1.807) is 0 Å². The summed E-state index contributed by atoms with van der Waals surface area (Å²) in [5.74, 6) is -1.22. The molecule has 1 aromatic carbocycles. The van der Waals surface area contributed by atoms with Gasteiger partial charge in [-0.2, -0.15) is 0 Å². The van der Waals surface area contributed by atoms with Gasteiger partial charge in [-0.25, -0.2) is 0 Å². The van der Waals surface area contributed by atoms with Crippen molar-refractivity contribution in [2.75, 3.05) is 0 Å². The van der Waals surface area contributed by atoms with Crippen LogP contribution in [0.3, 0.4) is 0 Å². The highest BCUT2D eigenvalue weighted by Crippen LogP contribution is 2.29. The normalized spacial score (nSPS) is 12.6. The maximum absolute atomic E-state index is 12.0. The molecule has 2 aromatic rings. The zero-order valence-electron chi connectivity index (χ0n) is 19.6. The standard InChI is InChI=1S/C28H41NO2/c1-3-4-5-6-7-8-9-10-11-12-13-14-15-16-19-26(28(30)31)25-20-17-18-24-22-21-23(2)29-27(24)25/h10-11,17-18,20-22,26H,3-9,12-16,19H2,1-2H3,(H,30,31)/b11-10-. The summed E-state index contributed by atoms with van der Waals surface area (Å²) in [4.78, 5) is 16.6. The summed E-state index contributed by atoms with van der Waals surface area (Å²) in [7, 11) is 0. The summed E-state index contributed by atoms with van der Waals surface area (Å²) >= 11 is 0. The van der Waals surface area contributed by atoms with Gasteiger partial charge in [0.05, 0.1) is 11.4 Å². The molecule has 3 nitrogen and oxygen atoms in total. The number of unbranched alkanes of at least 4 members (excludes halogenated alkanes) is 10. The molecule has 3 heteroatoms. The first kappa shape index (κ1) is 25.1. The van der Waals surface area contributed by atoms with Gasteiger partial charge in [-0.3, -0.25) is 9.78 Å². The number of hydrogen-bond acceptors (Lipinski definition) is 2. The Labute approximate surface area is 189 Å². The van der Waals surface area contributed by atoms with E-state index in [1.807, 2.05) is 37.3 Å². The molecule has 170 valence electrons. The highest BCUT2D eigenvalue weighted by atomic mass is 16.4. The second-order valence-electron chi connectivity index (χ2n) is 8.78. The van der Waals surface area contributed by atoms with Gasteiger partial charge in [0.25, 0.3) is 0 Å². The number of pyridine rings is 1. The molecule has 0 bridgehead atoms. The summed E-state index contributed by atoms with van der Waals surface area (Å²) in [5.41, 5.74) is 2.62. The fraction of sp³-hybridized carbons (Fsp3) is 0.571. The van der Waals surface area contributed by atoms with E-state index in [2.05, 4.69) is 24.1 Å². The Kier molecular flexibility index (Phi) is 12.0. The lowest BCUT2D eigenvalue weighted by atomic mass is 9.91. The molecule has 1 heterocycles. The SMILES string of the molecule is CCCCCCCC/C=C\CCCCCCC(C(=O)O)c1cccc2ccc(C)nc12. The van der Waals surface area contributed by atoms with Gasteiger partial charge in [-0.15, -0.1) is 0 Å². The quantitative estimate of drug-likeness (QED) is 0.218. The van der Waals surface area contributed by atoms with E-state index in [4.69, 9.17) is 0 Å². The molecule has 0 saturated carbocycles. The number of carbonyl (C=O) groups is 1. The second-order valence-corrected chi connectivity index (χ2v) is 8.78. The van der Waals surface area contributed by atoms with E-state index in [1.165, 1.54) is 57.8 Å². The molecule has 31 heavy (non-hydrogen) atoms. The number of nitrogens with zero attached hydrogens (tertiary/aromatic N) is 1. The number of para-hydroxylation sites is 1. The van der Waals surface area contributed by atoms with Crippen molar-refractivity contribution in [2.24, 2.45) is 0 Å². The lowest BCUT2D eigenvalue weighted by Crippen LogP contribution is -2.12. The first-order chi connectivity index (χ1) is 15.1. The van der Waals surface area contributed by atoms with E-state index in [0.717, 1.165) is 41.4 Å². The number of benzene rings is 1. The van der Waals surface area contributed by atoms with E-state index in [9.17, 15) is 9.90 Å². The minimum atomic E-state index is -0.742. The van der Waals surface area contributed by atoms with Gasteiger partial charge in [0.15, 0.2) is 0 Å². The number of allylic oxidation sites excluding steroid dienone is 2. The Morgan fingerprint density at radius 3 is 2.23 bits per heavy atom. The Morgan fingerprint density at radius 1 is 0.903 bits per heavy atom. The van der Waals surface area contributed by atoms with Gasteiger partial charge >= 0.3 is 5.97 Å². The van der Waals surface area contributed by atoms with Crippen molar-refractivity contribution < 1.29 is 9.90 Å². The molecular weight excluding hydrogens is 382 g/mol. The Bertz CT molecular complexity index is 812. The van der Waals surface area contributed by atoms with Crippen molar-refractivity contribution in [3.63, 3.8) is 0 Å². The van der Waals surface area contributed by atoms with Crippen molar-refractivity contribution in [1.29, 1.82) is 0 Å². The summed E-state index contributed by atoms with van der Waals surface area (Å²) in [6.45, 7) is 4.21. The molecule has 0 spiro atoms. The third-order valence-electron chi connectivity index (χ3n) is 6.07. The zero-order valence-corrected chi connectivity index (χ0v) is 19.6. The van der Waals surface area contributed by atoms with Crippen LogP contribution in [0.25, 0.3) is 10.9 Å². The predicted molar refractivity (Wildman–Crippen MR) is 132 cm³/mol. The summed E-state index contributed by atoms with van der Waals surface area (Å²) in [5, 5.41) is 10.8. The van der Waals surface area contributed by atoms with Crippen molar-refractivity contribution >= 4 is 16.9 Å². The van der Waals surface area contributed by atoms with Crippen LogP contribution >= 0.6 is 0 Å². The topological polar surface area (TPSA) is 50.2 Å². The van der Waals surface area contributed by atoms with Crippen LogP contribution in [0.1, 0.15) is 108 Å². The van der Waals surface area contributed by atoms with Crippen LogP contribution in [0.15, 0.2) is 42.5 Å². The van der Waals surface area contributed by atoms with E-state index >= 15 is 0 Å². The van der Waals surface area contributed by atoms with Crippen LogP contribution in [-0.4, -0.2) is 16.1 Å². The van der Waals surface area contributed by atoms with Crippen molar-refractivity contribution in [3.05, 3.63) is 53.7 Å². The van der Waals surface area contributed by atoms with Gasteiger partial charge < -0.3 is 5.11 Å². The lowest BCUT2D eigenvalue weighted by molar-refractivity contribution is -0.139.